The molecular formula is C26H29F2N5O2. The van der Waals surface area contributed by atoms with Gasteiger partial charge in [0.15, 0.2) is 11.6 Å². The van der Waals surface area contributed by atoms with Crippen molar-refractivity contribution in [2.45, 2.75) is 31.2 Å². The summed E-state index contributed by atoms with van der Waals surface area (Å²) in [5.74, 6) is -1.27. The Morgan fingerprint density at radius 3 is 2.71 bits per heavy atom. The minimum atomic E-state index is -0.886. The molecule has 2 N–H and O–H groups in total. The molecule has 2 amide bonds. The minimum Gasteiger partial charge on any atom is -0.383 e. The number of carbonyl (C=O) groups is 1. The third-order valence-corrected chi connectivity index (χ3v) is 6.84. The number of urea groups is 1. The van der Waals surface area contributed by atoms with E-state index in [1.165, 1.54) is 6.07 Å². The molecule has 9 heteroatoms. The summed E-state index contributed by atoms with van der Waals surface area (Å²) in [6.45, 7) is 2.42. The molecule has 2 aliphatic rings. The number of halogens is 2. The van der Waals surface area contributed by atoms with Gasteiger partial charge in [-0.3, -0.25) is 10.2 Å². The van der Waals surface area contributed by atoms with Crippen molar-refractivity contribution in [2.75, 3.05) is 38.7 Å². The molecule has 5 rings (SSSR count). The SMILES string of the molecule is COCCN1C[C@H](NC(=O)Nc2c3c(nn2-c2ccccc2)CCC3)[C@@H](c2ccc(F)c(F)c2)C1. The topological polar surface area (TPSA) is 71.4 Å². The van der Waals surface area contributed by atoms with Crippen molar-refractivity contribution in [1.29, 1.82) is 0 Å². The van der Waals surface area contributed by atoms with Crippen LogP contribution in [0.5, 0.6) is 0 Å². The third kappa shape index (κ3) is 4.92. The summed E-state index contributed by atoms with van der Waals surface area (Å²) in [5.41, 5.74) is 3.61. The maximum absolute atomic E-state index is 14.0. The van der Waals surface area contributed by atoms with Crippen LogP contribution in [0, 0.1) is 11.6 Å². The standard InChI is InChI=1S/C26H29F2N5O2/c1-35-13-12-32-15-20(17-10-11-21(27)22(28)14-17)24(16-32)29-26(34)30-25-19-8-5-9-23(19)31-33(25)18-6-3-2-4-7-18/h2-4,6-7,10-11,14,20,24H,5,8-9,12-13,15-16H2,1H3,(H2,29,30,34)/t20-,24+/m1/s1. The van der Waals surface area contributed by atoms with E-state index in [0.29, 0.717) is 37.6 Å². The fourth-order valence-corrected chi connectivity index (χ4v) is 5.10. The molecule has 1 aromatic heterocycles. The van der Waals surface area contributed by atoms with Gasteiger partial charge < -0.3 is 10.1 Å². The largest absolute Gasteiger partial charge is 0.383 e. The van der Waals surface area contributed by atoms with E-state index in [1.807, 2.05) is 30.3 Å². The van der Waals surface area contributed by atoms with E-state index in [4.69, 9.17) is 9.84 Å². The first kappa shape index (κ1) is 23.4. The number of nitrogens with zero attached hydrogens (tertiary/aromatic N) is 3. The van der Waals surface area contributed by atoms with E-state index in [-0.39, 0.29) is 18.0 Å². The van der Waals surface area contributed by atoms with Crippen LogP contribution in [0.4, 0.5) is 19.4 Å². The molecule has 184 valence electrons. The van der Waals surface area contributed by atoms with E-state index in [0.717, 1.165) is 42.3 Å². The Labute approximate surface area is 203 Å². The molecular weight excluding hydrogens is 452 g/mol. The Balaban J connectivity index is 1.37. The second kappa shape index (κ2) is 10.1. The lowest BCUT2D eigenvalue weighted by Gasteiger charge is -2.21. The van der Waals surface area contributed by atoms with E-state index >= 15 is 0 Å². The first-order valence-electron chi connectivity index (χ1n) is 11.9. The normalized spacial score (nSPS) is 19.6. The number of hydrogen-bond donors (Lipinski definition) is 2. The van der Waals surface area contributed by atoms with Gasteiger partial charge in [0, 0.05) is 38.2 Å². The van der Waals surface area contributed by atoms with Crippen LogP contribution < -0.4 is 10.6 Å². The number of likely N-dealkylation sites (tertiary alicyclic amines) is 1. The van der Waals surface area contributed by atoms with Crippen LogP contribution in [-0.2, 0) is 17.6 Å². The molecule has 1 aliphatic carbocycles. The monoisotopic (exact) mass is 481 g/mol. The highest BCUT2D eigenvalue weighted by Crippen LogP contribution is 2.32. The van der Waals surface area contributed by atoms with Gasteiger partial charge >= 0.3 is 6.03 Å². The minimum absolute atomic E-state index is 0.183. The van der Waals surface area contributed by atoms with Gasteiger partial charge in [-0.2, -0.15) is 5.10 Å². The Morgan fingerprint density at radius 1 is 1.11 bits per heavy atom. The highest BCUT2D eigenvalue weighted by Gasteiger charge is 2.35. The first-order valence-corrected chi connectivity index (χ1v) is 11.9. The van der Waals surface area contributed by atoms with Crippen molar-refractivity contribution >= 4 is 11.8 Å². The van der Waals surface area contributed by atoms with Crippen LogP contribution in [0.2, 0.25) is 0 Å². The Kier molecular flexibility index (Phi) is 6.79. The summed E-state index contributed by atoms with van der Waals surface area (Å²) >= 11 is 0. The number of aromatic nitrogens is 2. The predicted octanol–water partition coefficient (Wildman–Crippen LogP) is 3.88. The van der Waals surface area contributed by atoms with E-state index in [1.54, 1.807) is 17.9 Å². The van der Waals surface area contributed by atoms with Gasteiger partial charge in [-0.25, -0.2) is 18.3 Å². The van der Waals surface area contributed by atoms with Gasteiger partial charge in [0.1, 0.15) is 5.82 Å². The second-order valence-electron chi connectivity index (χ2n) is 9.11. The van der Waals surface area contributed by atoms with Gasteiger partial charge in [-0.1, -0.05) is 24.3 Å². The van der Waals surface area contributed by atoms with E-state index < -0.39 is 11.6 Å². The molecule has 0 saturated carbocycles. The third-order valence-electron chi connectivity index (χ3n) is 6.84. The lowest BCUT2D eigenvalue weighted by atomic mass is 9.94. The highest BCUT2D eigenvalue weighted by atomic mass is 19.2. The van der Waals surface area contributed by atoms with Crippen LogP contribution in [0.3, 0.4) is 0 Å². The van der Waals surface area contributed by atoms with Crippen molar-refractivity contribution < 1.29 is 18.3 Å². The van der Waals surface area contributed by atoms with Gasteiger partial charge in [0.25, 0.3) is 0 Å². The zero-order valence-electron chi connectivity index (χ0n) is 19.6. The molecule has 7 nitrogen and oxygen atoms in total. The molecule has 2 aromatic carbocycles. The summed E-state index contributed by atoms with van der Waals surface area (Å²) in [5, 5.41) is 10.9. The van der Waals surface area contributed by atoms with Crippen LogP contribution in [0.15, 0.2) is 48.5 Å². The van der Waals surface area contributed by atoms with Crippen molar-refractivity contribution in [3.8, 4) is 5.69 Å². The number of fused-ring (bicyclic) bond motifs is 1. The predicted molar refractivity (Wildman–Crippen MR) is 129 cm³/mol. The summed E-state index contributed by atoms with van der Waals surface area (Å²) in [7, 11) is 1.64. The number of para-hydroxylation sites is 1. The van der Waals surface area contributed by atoms with Gasteiger partial charge in [-0.05, 0) is 49.1 Å². The number of carbonyl (C=O) groups excluding carboxylic acids is 1. The number of anilines is 1. The number of aryl methyl sites for hydroxylation is 1. The molecule has 2 atom stereocenters. The number of benzene rings is 2. The van der Waals surface area contributed by atoms with Crippen LogP contribution in [-0.4, -0.2) is 60.1 Å². The molecule has 35 heavy (non-hydrogen) atoms. The molecule has 1 aliphatic heterocycles. The van der Waals surface area contributed by atoms with E-state index in [2.05, 4.69) is 15.5 Å². The molecule has 0 spiro atoms. The summed E-state index contributed by atoms with van der Waals surface area (Å²) in [6, 6.07) is 13.0. The molecule has 1 fully saturated rings. The van der Waals surface area contributed by atoms with Gasteiger partial charge in [0.05, 0.1) is 24.0 Å². The number of amides is 2. The number of rotatable bonds is 7. The number of hydrogen-bond acceptors (Lipinski definition) is 4. The zero-order chi connectivity index (χ0) is 24.4. The smallest absolute Gasteiger partial charge is 0.320 e. The van der Waals surface area contributed by atoms with Crippen LogP contribution in [0.1, 0.15) is 29.2 Å². The fraction of sp³-hybridized carbons (Fsp3) is 0.385. The number of ether oxygens (including phenoxy) is 1. The lowest BCUT2D eigenvalue weighted by molar-refractivity contribution is 0.159. The second-order valence-corrected chi connectivity index (χ2v) is 9.11. The quantitative estimate of drug-likeness (QED) is 0.538. The van der Waals surface area contributed by atoms with Crippen LogP contribution in [0.25, 0.3) is 5.69 Å². The number of nitrogens with one attached hydrogen (secondary N) is 2. The Morgan fingerprint density at radius 2 is 1.94 bits per heavy atom. The fourth-order valence-electron chi connectivity index (χ4n) is 5.10. The summed E-state index contributed by atoms with van der Waals surface area (Å²) in [4.78, 5) is 15.4. The average molecular weight is 482 g/mol. The van der Waals surface area contributed by atoms with Crippen molar-refractivity contribution in [3.63, 3.8) is 0 Å². The Bertz CT molecular complexity index is 1200. The molecule has 0 radical (unpaired) electrons. The number of methoxy groups -OCH3 is 1. The average Bonchev–Trinajstić information content (AvgIpc) is 3.56. The summed E-state index contributed by atoms with van der Waals surface area (Å²) in [6.07, 6.45) is 2.77. The summed E-state index contributed by atoms with van der Waals surface area (Å²) < 4.78 is 34.5. The molecule has 0 bridgehead atoms. The van der Waals surface area contributed by atoms with Crippen molar-refractivity contribution in [2.24, 2.45) is 0 Å². The van der Waals surface area contributed by atoms with E-state index in [9.17, 15) is 13.6 Å². The molecule has 1 saturated heterocycles. The first-order chi connectivity index (χ1) is 17.0. The van der Waals surface area contributed by atoms with Crippen molar-refractivity contribution in [1.82, 2.24) is 20.0 Å². The van der Waals surface area contributed by atoms with Crippen molar-refractivity contribution in [3.05, 3.63) is 77.0 Å². The zero-order valence-corrected chi connectivity index (χ0v) is 19.6. The van der Waals surface area contributed by atoms with Crippen LogP contribution >= 0.6 is 0 Å². The maximum Gasteiger partial charge on any atom is 0.320 e. The molecule has 2 heterocycles. The maximum atomic E-state index is 14.0. The van der Waals surface area contributed by atoms with Gasteiger partial charge in [-0.15, -0.1) is 0 Å². The molecule has 0 unspecified atom stereocenters. The Hall–Kier alpha value is -3.30. The van der Waals surface area contributed by atoms with Gasteiger partial charge in [0.2, 0.25) is 0 Å². The lowest BCUT2D eigenvalue weighted by Crippen LogP contribution is -2.42. The highest BCUT2D eigenvalue weighted by molar-refractivity contribution is 5.90. The molecule has 3 aromatic rings.